The van der Waals surface area contributed by atoms with Crippen molar-refractivity contribution in [2.75, 3.05) is 0 Å². The minimum absolute atomic E-state index is 0.588. The maximum Gasteiger partial charge on any atom is 0.257 e. The number of thiophene rings is 1. The van der Waals surface area contributed by atoms with Crippen molar-refractivity contribution in [2.45, 2.75) is 26.8 Å². The van der Waals surface area contributed by atoms with E-state index in [-0.39, 0.29) is 0 Å². The zero-order valence-electron chi connectivity index (χ0n) is 11.1. The van der Waals surface area contributed by atoms with Gasteiger partial charge in [-0.1, -0.05) is 6.07 Å². The topological polar surface area (TPSA) is 56.7 Å². The first-order chi connectivity index (χ1) is 9.65. The number of hydrogen-bond acceptors (Lipinski definition) is 5. The molecule has 0 aliphatic rings. The molecule has 0 atom stereocenters. The molecule has 0 bridgehead atoms. The Morgan fingerprint density at radius 1 is 1.35 bits per heavy atom. The van der Waals surface area contributed by atoms with Gasteiger partial charge in [0.2, 0.25) is 5.89 Å². The van der Waals surface area contributed by atoms with Crippen molar-refractivity contribution in [3.8, 4) is 10.8 Å². The zero-order valence-corrected chi connectivity index (χ0v) is 13.5. The van der Waals surface area contributed by atoms with Crippen LogP contribution in [0.15, 0.2) is 26.4 Å². The molecular weight excluding hydrogens is 340 g/mol. The summed E-state index contributed by atoms with van der Waals surface area (Å²) in [5, 5.41) is 14.6. The molecule has 20 heavy (non-hydrogen) atoms. The Morgan fingerprint density at radius 3 is 2.85 bits per heavy atom. The SMILES string of the molecule is Cc1nn(CCc2nnc(-c3cccs3)o2)c(C)c1Br. The number of nitrogens with zero attached hydrogens (tertiary/aromatic N) is 4. The lowest BCUT2D eigenvalue weighted by Crippen LogP contribution is -2.05. The van der Waals surface area contributed by atoms with Crippen molar-refractivity contribution in [1.29, 1.82) is 0 Å². The van der Waals surface area contributed by atoms with E-state index >= 15 is 0 Å². The van der Waals surface area contributed by atoms with Crippen LogP contribution in [-0.4, -0.2) is 20.0 Å². The minimum atomic E-state index is 0.588. The van der Waals surface area contributed by atoms with Gasteiger partial charge in [-0.05, 0) is 41.2 Å². The second-order valence-corrected chi connectivity index (χ2v) is 6.18. The molecule has 7 heteroatoms. The average Bonchev–Trinajstić information content (AvgIpc) is 3.14. The first kappa shape index (κ1) is 13.5. The van der Waals surface area contributed by atoms with E-state index in [0.29, 0.717) is 18.2 Å². The molecule has 3 aromatic heterocycles. The lowest BCUT2D eigenvalue weighted by Gasteiger charge is -2.01. The van der Waals surface area contributed by atoms with E-state index in [4.69, 9.17) is 4.42 Å². The van der Waals surface area contributed by atoms with E-state index in [9.17, 15) is 0 Å². The number of aryl methyl sites for hydroxylation is 3. The summed E-state index contributed by atoms with van der Waals surface area (Å²) in [5.41, 5.74) is 2.10. The van der Waals surface area contributed by atoms with Gasteiger partial charge in [0.05, 0.1) is 15.0 Å². The van der Waals surface area contributed by atoms with Crippen molar-refractivity contribution in [1.82, 2.24) is 20.0 Å². The number of rotatable bonds is 4. The molecule has 3 heterocycles. The average molecular weight is 353 g/mol. The number of hydrogen-bond donors (Lipinski definition) is 0. The van der Waals surface area contributed by atoms with Gasteiger partial charge >= 0.3 is 0 Å². The maximum absolute atomic E-state index is 5.66. The summed E-state index contributed by atoms with van der Waals surface area (Å²) in [6.07, 6.45) is 0.673. The van der Waals surface area contributed by atoms with Crippen molar-refractivity contribution in [2.24, 2.45) is 0 Å². The van der Waals surface area contributed by atoms with E-state index in [2.05, 4.69) is 31.2 Å². The fourth-order valence-electron chi connectivity index (χ4n) is 1.95. The predicted octanol–water partition coefficient (Wildman–Crippen LogP) is 3.62. The molecular formula is C13H13BrN4OS. The normalized spacial score (nSPS) is 11.2. The third kappa shape index (κ3) is 2.55. The summed E-state index contributed by atoms with van der Waals surface area (Å²) in [5.74, 6) is 1.22. The Kier molecular flexibility index (Phi) is 3.71. The Morgan fingerprint density at radius 2 is 2.20 bits per heavy atom. The molecule has 0 aromatic carbocycles. The third-order valence-electron chi connectivity index (χ3n) is 3.03. The van der Waals surface area contributed by atoms with Gasteiger partial charge in [0.1, 0.15) is 0 Å². The van der Waals surface area contributed by atoms with Gasteiger partial charge in [0.25, 0.3) is 5.89 Å². The zero-order chi connectivity index (χ0) is 14.1. The fourth-order valence-corrected chi connectivity index (χ4v) is 2.88. The van der Waals surface area contributed by atoms with Crippen LogP contribution in [-0.2, 0) is 13.0 Å². The molecule has 0 aliphatic carbocycles. The van der Waals surface area contributed by atoms with Crippen molar-refractivity contribution >= 4 is 27.3 Å². The first-order valence-electron chi connectivity index (χ1n) is 6.21. The molecule has 104 valence electrons. The molecule has 0 spiro atoms. The van der Waals surface area contributed by atoms with Crippen molar-refractivity contribution in [3.05, 3.63) is 39.3 Å². The first-order valence-corrected chi connectivity index (χ1v) is 7.88. The van der Waals surface area contributed by atoms with Crippen LogP contribution in [0.2, 0.25) is 0 Å². The highest BCUT2D eigenvalue weighted by Crippen LogP contribution is 2.23. The highest BCUT2D eigenvalue weighted by atomic mass is 79.9. The summed E-state index contributed by atoms with van der Waals surface area (Å²) in [6.45, 7) is 4.74. The highest BCUT2D eigenvalue weighted by molar-refractivity contribution is 9.10. The van der Waals surface area contributed by atoms with Gasteiger partial charge in [0, 0.05) is 18.7 Å². The van der Waals surface area contributed by atoms with Crippen LogP contribution in [0.25, 0.3) is 10.8 Å². The molecule has 3 rings (SSSR count). The molecule has 0 radical (unpaired) electrons. The summed E-state index contributed by atoms with van der Waals surface area (Å²) in [6, 6.07) is 3.94. The van der Waals surface area contributed by atoms with Gasteiger partial charge in [-0.15, -0.1) is 21.5 Å². The molecule has 0 saturated heterocycles. The summed E-state index contributed by atoms with van der Waals surface area (Å²) in [4.78, 5) is 0.998. The van der Waals surface area contributed by atoms with Crippen LogP contribution >= 0.6 is 27.3 Å². The molecule has 3 aromatic rings. The second-order valence-electron chi connectivity index (χ2n) is 4.44. The number of halogens is 1. The summed E-state index contributed by atoms with van der Waals surface area (Å²) < 4.78 is 8.67. The minimum Gasteiger partial charge on any atom is -0.420 e. The standard InChI is InChI=1S/C13H13BrN4OS/c1-8-12(14)9(2)18(17-8)6-5-11-15-16-13(19-11)10-4-3-7-20-10/h3-4,7H,5-6H2,1-2H3. The summed E-state index contributed by atoms with van der Waals surface area (Å²) >= 11 is 5.11. The molecule has 0 unspecified atom stereocenters. The van der Waals surface area contributed by atoms with Gasteiger partial charge in [-0.2, -0.15) is 5.10 Å². The largest absolute Gasteiger partial charge is 0.420 e. The summed E-state index contributed by atoms with van der Waals surface area (Å²) in [7, 11) is 0. The smallest absolute Gasteiger partial charge is 0.257 e. The molecule has 0 fully saturated rings. The number of aromatic nitrogens is 4. The monoisotopic (exact) mass is 352 g/mol. The fraction of sp³-hybridized carbons (Fsp3) is 0.308. The van der Waals surface area contributed by atoms with Gasteiger partial charge in [0.15, 0.2) is 0 Å². The van der Waals surface area contributed by atoms with Crippen LogP contribution in [0.5, 0.6) is 0 Å². The maximum atomic E-state index is 5.66. The van der Waals surface area contributed by atoms with Gasteiger partial charge < -0.3 is 4.42 Å². The van der Waals surface area contributed by atoms with Crippen LogP contribution in [0, 0.1) is 13.8 Å². The van der Waals surface area contributed by atoms with E-state index in [1.165, 1.54) is 0 Å². The van der Waals surface area contributed by atoms with E-state index < -0.39 is 0 Å². The van der Waals surface area contributed by atoms with E-state index in [1.807, 2.05) is 36.0 Å². The van der Waals surface area contributed by atoms with Crippen molar-refractivity contribution < 1.29 is 4.42 Å². The molecule has 0 aliphatic heterocycles. The van der Waals surface area contributed by atoms with Crippen LogP contribution < -0.4 is 0 Å². The molecule has 0 saturated carbocycles. The highest BCUT2D eigenvalue weighted by Gasteiger charge is 2.12. The van der Waals surface area contributed by atoms with Crippen LogP contribution in [0.3, 0.4) is 0 Å². The van der Waals surface area contributed by atoms with Crippen LogP contribution in [0.1, 0.15) is 17.3 Å². The quantitative estimate of drug-likeness (QED) is 0.719. The lowest BCUT2D eigenvalue weighted by atomic mass is 10.4. The molecule has 0 N–H and O–H groups in total. The molecule has 0 amide bonds. The Bertz CT molecular complexity index is 717. The Labute approximate surface area is 128 Å². The van der Waals surface area contributed by atoms with Crippen LogP contribution in [0.4, 0.5) is 0 Å². The van der Waals surface area contributed by atoms with Gasteiger partial charge in [-0.25, -0.2) is 0 Å². The van der Waals surface area contributed by atoms with Gasteiger partial charge in [-0.3, -0.25) is 4.68 Å². The van der Waals surface area contributed by atoms with E-state index in [1.54, 1.807) is 11.3 Å². The van der Waals surface area contributed by atoms with E-state index in [0.717, 1.165) is 27.3 Å². The van der Waals surface area contributed by atoms with Crippen molar-refractivity contribution in [3.63, 3.8) is 0 Å². The Hall–Kier alpha value is -1.47. The molecule has 5 nitrogen and oxygen atoms in total. The second kappa shape index (κ2) is 5.49. The Balaban J connectivity index is 1.71. The third-order valence-corrected chi connectivity index (χ3v) is 5.03. The lowest BCUT2D eigenvalue weighted by molar-refractivity contribution is 0.472. The predicted molar refractivity (Wildman–Crippen MR) is 80.7 cm³/mol.